The predicted molar refractivity (Wildman–Crippen MR) is 86.3 cm³/mol. The molecule has 2 fully saturated rings. The van der Waals surface area contributed by atoms with E-state index in [1.165, 1.54) is 12.8 Å². The summed E-state index contributed by atoms with van der Waals surface area (Å²) in [7, 11) is 0. The van der Waals surface area contributed by atoms with Crippen molar-refractivity contribution in [2.24, 2.45) is 0 Å². The third kappa shape index (κ3) is 2.29. The van der Waals surface area contributed by atoms with Crippen LogP contribution in [0.4, 0.5) is 0 Å². The molecule has 0 amide bonds. The summed E-state index contributed by atoms with van der Waals surface area (Å²) < 4.78 is 0. The number of aromatic amines is 1. The molecule has 2 aliphatic carbocycles. The number of nitrogens with zero attached hydrogens (tertiary/aromatic N) is 2. The summed E-state index contributed by atoms with van der Waals surface area (Å²) in [5.74, 6) is 0.580. The Labute approximate surface area is 129 Å². The number of aliphatic hydroxyl groups is 1. The molecule has 5 heteroatoms. The van der Waals surface area contributed by atoms with Gasteiger partial charge in [0.15, 0.2) is 5.65 Å². The molecular weight excluding hydrogens is 276 g/mol. The maximum Gasteiger partial charge on any atom is 0.156 e. The minimum absolute atomic E-state index is 0.0459. The average molecular weight is 298 g/mol. The second-order valence-electron chi connectivity index (χ2n) is 6.89. The Hall–Kier alpha value is -1.88. The Morgan fingerprint density at radius 3 is 2.95 bits per heavy atom. The van der Waals surface area contributed by atoms with Gasteiger partial charge in [0.05, 0.1) is 23.5 Å². The molecule has 0 saturated heterocycles. The number of H-pyrrole nitrogens is 1. The highest BCUT2D eigenvalue weighted by Gasteiger charge is 2.37. The van der Waals surface area contributed by atoms with Crippen molar-refractivity contribution >= 4 is 16.9 Å². The summed E-state index contributed by atoms with van der Waals surface area (Å²) in [6, 6.07) is 0.0459. The van der Waals surface area contributed by atoms with Gasteiger partial charge in [0.1, 0.15) is 5.52 Å². The van der Waals surface area contributed by atoms with Gasteiger partial charge in [-0.05, 0) is 39.0 Å². The average Bonchev–Trinajstić information content (AvgIpc) is 3.17. The van der Waals surface area contributed by atoms with E-state index in [1.807, 2.05) is 19.3 Å². The molecule has 0 bridgehead atoms. The summed E-state index contributed by atoms with van der Waals surface area (Å²) in [6.07, 6.45) is 9.04. The molecule has 2 atom stereocenters. The van der Waals surface area contributed by atoms with E-state index in [9.17, 15) is 5.11 Å². The molecule has 5 nitrogen and oxygen atoms in total. The molecule has 0 spiro atoms. The van der Waals surface area contributed by atoms with Gasteiger partial charge in [-0.3, -0.25) is 0 Å². The third-order valence-corrected chi connectivity index (χ3v) is 5.00. The van der Waals surface area contributed by atoms with E-state index in [-0.39, 0.29) is 6.04 Å². The maximum atomic E-state index is 10.4. The molecule has 2 saturated carbocycles. The van der Waals surface area contributed by atoms with Crippen molar-refractivity contribution in [1.29, 1.82) is 0 Å². The molecular formula is C17H22N4O. The van der Waals surface area contributed by atoms with Crippen molar-refractivity contribution in [3.05, 3.63) is 30.2 Å². The van der Waals surface area contributed by atoms with E-state index in [4.69, 9.17) is 4.98 Å². The molecule has 2 aliphatic rings. The van der Waals surface area contributed by atoms with E-state index in [0.717, 1.165) is 47.4 Å². The van der Waals surface area contributed by atoms with Gasteiger partial charge in [-0.25, -0.2) is 9.97 Å². The lowest BCUT2D eigenvalue weighted by molar-refractivity contribution is 0.0447. The highest BCUT2D eigenvalue weighted by atomic mass is 16.3. The van der Waals surface area contributed by atoms with Gasteiger partial charge in [0.25, 0.3) is 0 Å². The monoisotopic (exact) mass is 298 g/mol. The Kier molecular flexibility index (Phi) is 3.01. The van der Waals surface area contributed by atoms with Crippen LogP contribution in [0.3, 0.4) is 0 Å². The van der Waals surface area contributed by atoms with E-state index < -0.39 is 5.60 Å². The molecule has 0 aliphatic heterocycles. The highest BCUT2D eigenvalue weighted by molar-refractivity contribution is 5.86. The molecule has 2 heterocycles. The fraction of sp³-hybridized carbons (Fsp3) is 0.529. The van der Waals surface area contributed by atoms with Gasteiger partial charge in [-0.1, -0.05) is 6.58 Å². The fourth-order valence-corrected chi connectivity index (χ4v) is 3.38. The van der Waals surface area contributed by atoms with Crippen LogP contribution in [0.2, 0.25) is 0 Å². The molecule has 3 N–H and O–H groups in total. The Balaban J connectivity index is 1.62. The van der Waals surface area contributed by atoms with Crippen molar-refractivity contribution in [2.45, 2.75) is 56.6 Å². The maximum absolute atomic E-state index is 10.4. The van der Waals surface area contributed by atoms with Crippen LogP contribution < -0.4 is 5.32 Å². The largest absolute Gasteiger partial charge is 0.388 e. The van der Waals surface area contributed by atoms with Crippen LogP contribution in [0, 0.1) is 0 Å². The topological polar surface area (TPSA) is 73.8 Å². The number of hydrogen-bond acceptors (Lipinski definition) is 4. The first-order valence-corrected chi connectivity index (χ1v) is 8.07. The quantitative estimate of drug-likeness (QED) is 0.811. The van der Waals surface area contributed by atoms with Crippen LogP contribution >= 0.6 is 0 Å². The summed E-state index contributed by atoms with van der Waals surface area (Å²) in [6.45, 7) is 6.05. The lowest BCUT2D eigenvalue weighted by Gasteiger charge is -2.28. The second kappa shape index (κ2) is 4.81. The molecule has 0 aromatic carbocycles. The van der Waals surface area contributed by atoms with Crippen LogP contribution in [-0.4, -0.2) is 31.7 Å². The van der Waals surface area contributed by atoms with Crippen LogP contribution in [0.15, 0.2) is 19.0 Å². The van der Waals surface area contributed by atoms with Crippen LogP contribution in [0.25, 0.3) is 16.9 Å². The predicted octanol–water partition coefficient (Wildman–Crippen LogP) is 2.70. The first-order valence-electron chi connectivity index (χ1n) is 8.07. The number of rotatable bonds is 4. The lowest BCUT2D eigenvalue weighted by atomic mass is 10.00. The van der Waals surface area contributed by atoms with E-state index in [0.29, 0.717) is 5.92 Å². The van der Waals surface area contributed by atoms with E-state index in [1.54, 1.807) is 0 Å². The normalized spacial score (nSPS) is 28.2. The number of fused-ring (bicyclic) bond motifs is 1. The van der Waals surface area contributed by atoms with Crippen molar-refractivity contribution in [1.82, 2.24) is 20.3 Å². The summed E-state index contributed by atoms with van der Waals surface area (Å²) in [5, 5.41) is 13.8. The SMILES string of the molecule is C=C(N[C@H]1CCC[C@]1(C)O)c1c[nH]c2ncc(C3CC3)nc12. The molecule has 116 valence electrons. The standard InChI is InChI=1S/C17H22N4O/c1-10(20-14-4-3-7-17(14,2)22)12-8-18-16-15(12)21-13(9-19-16)11-5-6-11/h8-9,11,14,20,22H,1,3-7H2,2H3,(H,18,19)/t14-,17-/m0/s1. The Morgan fingerprint density at radius 2 is 2.27 bits per heavy atom. The first kappa shape index (κ1) is 13.8. The molecule has 2 aromatic heterocycles. The first-order chi connectivity index (χ1) is 10.5. The van der Waals surface area contributed by atoms with Crippen LogP contribution in [-0.2, 0) is 0 Å². The highest BCUT2D eigenvalue weighted by Crippen LogP contribution is 2.39. The zero-order valence-electron chi connectivity index (χ0n) is 12.9. The molecule has 4 rings (SSSR count). The Bertz CT molecular complexity index is 729. The zero-order valence-corrected chi connectivity index (χ0v) is 12.9. The van der Waals surface area contributed by atoms with Crippen LogP contribution in [0.1, 0.15) is 56.2 Å². The lowest BCUT2D eigenvalue weighted by Crippen LogP contribution is -2.43. The van der Waals surface area contributed by atoms with Gasteiger partial charge in [-0.15, -0.1) is 0 Å². The minimum atomic E-state index is -0.667. The zero-order chi connectivity index (χ0) is 15.3. The molecule has 0 radical (unpaired) electrons. The van der Waals surface area contributed by atoms with Gasteiger partial charge >= 0.3 is 0 Å². The van der Waals surface area contributed by atoms with Gasteiger partial charge in [0.2, 0.25) is 0 Å². The smallest absolute Gasteiger partial charge is 0.156 e. The van der Waals surface area contributed by atoms with Crippen LogP contribution in [0.5, 0.6) is 0 Å². The molecule has 22 heavy (non-hydrogen) atoms. The number of nitrogens with one attached hydrogen (secondary N) is 2. The molecule has 2 aromatic rings. The van der Waals surface area contributed by atoms with Crippen molar-refractivity contribution < 1.29 is 5.11 Å². The third-order valence-electron chi connectivity index (χ3n) is 5.00. The van der Waals surface area contributed by atoms with Gasteiger partial charge < -0.3 is 15.4 Å². The molecule has 0 unspecified atom stereocenters. The minimum Gasteiger partial charge on any atom is -0.388 e. The Morgan fingerprint density at radius 1 is 1.45 bits per heavy atom. The number of aromatic nitrogens is 3. The van der Waals surface area contributed by atoms with E-state index in [2.05, 4.69) is 21.9 Å². The van der Waals surface area contributed by atoms with Crippen molar-refractivity contribution in [3.63, 3.8) is 0 Å². The van der Waals surface area contributed by atoms with E-state index >= 15 is 0 Å². The van der Waals surface area contributed by atoms with Gasteiger partial charge in [0, 0.05) is 23.4 Å². The van der Waals surface area contributed by atoms with Crippen molar-refractivity contribution in [2.75, 3.05) is 0 Å². The summed E-state index contributed by atoms with van der Waals surface area (Å²) in [4.78, 5) is 12.4. The van der Waals surface area contributed by atoms with Gasteiger partial charge in [-0.2, -0.15) is 0 Å². The summed E-state index contributed by atoms with van der Waals surface area (Å²) >= 11 is 0. The fourth-order valence-electron chi connectivity index (χ4n) is 3.38. The van der Waals surface area contributed by atoms with Crippen molar-refractivity contribution in [3.8, 4) is 0 Å². The summed E-state index contributed by atoms with van der Waals surface area (Å²) in [5.41, 5.74) is 3.84. The number of hydrogen-bond donors (Lipinski definition) is 3. The second-order valence-corrected chi connectivity index (χ2v) is 6.89.